The van der Waals surface area contributed by atoms with Crippen LogP contribution in [0.5, 0.6) is 0 Å². The standard InChI is InChI=1S/C40H23N3OS/c1-2-10-24(11-3-1)25-18-20-26(21-19-25)36-38-37(30-14-5-8-16-33(30)44-38)42-40(41-36)43-31-15-7-4-13-29(31)35-32(43)23-22-28-27-12-6-9-17-34(27)45-39(28)35/h1-23H. The van der Waals surface area contributed by atoms with E-state index >= 15 is 0 Å². The van der Waals surface area contributed by atoms with Crippen LogP contribution in [0.2, 0.25) is 0 Å². The van der Waals surface area contributed by atoms with Crippen molar-refractivity contribution in [3.8, 4) is 28.3 Å². The smallest absolute Gasteiger partial charge is 0.236 e. The van der Waals surface area contributed by atoms with E-state index in [2.05, 4.69) is 120 Å². The van der Waals surface area contributed by atoms with E-state index in [1.54, 1.807) is 0 Å². The van der Waals surface area contributed by atoms with Crippen molar-refractivity contribution in [2.45, 2.75) is 0 Å². The van der Waals surface area contributed by atoms with Crippen LogP contribution in [0.3, 0.4) is 0 Å². The molecule has 4 nitrogen and oxygen atoms in total. The lowest BCUT2D eigenvalue weighted by molar-refractivity contribution is 0.666. The summed E-state index contributed by atoms with van der Waals surface area (Å²) >= 11 is 1.85. The van der Waals surface area contributed by atoms with Crippen molar-refractivity contribution in [3.05, 3.63) is 140 Å². The van der Waals surface area contributed by atoms with Gasteiger partial charge >= 0.3 is 0 Å². The van der Waals surface area contributed by atoms with E-state index in [1.807, 2.05) is 35.6 Å². The monoisotopic (exact) mass is 593 g/mol. The van der Waals surface area contributed by atoms with E-state index in [9.17, 15) is 0 Å². The third kappa shape index (κ3) is 3.59. The lowest BCUT2D eigenvalue weighted by Crippen LogP contribution is -2.02. The number of fused-ring (bicyclic) bond motifs is 10. The van der Waals surface area contributed by atoms with Crippen LogP contribution in [0.4, 0.5) is 0 Å². The Morgan fingerprint density at radius 3 is 2.07 bits per heavy atom. The zero-order valence-corrected chi connectivity index (χ0v) is 24.8. The van der Waals surface area contributed by atoms with Crippen molar-refractivity contribution in [1.29, 1.82) is 0 Å². The first-order valence-electron chi connectivity index (χ1n) is 15.0. The normalized spacial score (nSPS) is 12.0. The first-order chi connectivity index (χ1) is 22.3. The Morgan fingerprint density at radius 2 is 1.20 bits per heavy atom. The lowest BCUT2D eigenvalue weighted by atomic mass is 10.0. The number of hydrogen-bond acceptors (Lipinski definition) is 4. The molecule has 0 aliphatic heterocycles. The van der Waals surface area contributed by atoms with Gasteiger partial charge in [0.1, 0.15) is 16.8 Å². The average molecular weight is 594 g/mol. The molecular weight excluding hydrogens is 571 g/mol. The second-order valence-electron chi connectivity index (χ2n) is 11.4. The molecule has 0 aliphatic rings. The number of furan rings is 1. The Labute approximate surface area is 261 Å². The molecule has 0 fully saturated rings. The Hall–Kier alpha value is -5.78. The van der Waals surface area contributed by atoms with E-state index in [0.717, 1.165) is 44.3 Å². The van der Waals surface area contributed by atoms with Gasteiger partial charge in [0.25, 0.3) is 0 Å². The van der Waals surface area contributed by atoms with Gasteiger partial charge < -0.3 is 4.42 Å². The molecule has 0 bridgehead atoms. The molecule has 4 heterocycles. The largest absolute Gasteiger partial charge is 0.452 e. The maximum Gasteiger partial charge on any atom is 0.236 e. The Balaban J connectivity index is 1.28. The van der Waals surface area contributed by atoms with Gasteiger partial charge in [-0.3, -0.25) is 4.57 Å². The van der Waals surface area contributed by atoms with Crippen molar-refractivity contribution in [1.82, 2.24) is 14.5 Å². The number of rotatable bonds is 3. The molecule has 0 amide bonds. The lowest BCUT2D eigenvalue weighted by Gasteiger charge is -2.10. The highest BCUT2D eigenvalue weighted by molar-refractivity contribution is 7.26. The van der Waals surface area contributed by atoms with Crippen LogP contribution in [-0.4, -0.2) is 14.5 Å². The second-order valence-corrected chi connectivity index (χ2v) is 12.4. The molecule has 0 N–H and O–H groups in total. The summed E-state index contributed by atoms with van der Waals surface area (Å²) in [6, 6.07) is 48.8. The van der Waals surface area contributed by atoms with E-state index in [1.165, 1.54) is 36.5 Å². The summed E-state index contributed by atoms with van der Waals surface area (Å²) in [5.74, 6) is 0.628. The van der Waals surface area contributed by atoms with Crippen LogP contribution in [0.1, 0.15) is 0 Å². The molecule has 0 aliphatic carbocycles. The highest BCUT2D eigenvalue weighted by Gasteiger charge is 2.22. The van der Waals surface area contributed by atoms with Gasteiger partial charge in [0.2, 0.25) is 5.95 Å². The van der Waals surface area contributed by atoms with Crippen molar-refractivity contribution in [2.24, 2.45) is 0 Å². The number of para-hydroxylation sites is 2. The SMILES string of the molecule is c1ccc(-c2ccc(-c3nc(-n4c5ccccc5c5c6sc7ccccc7c6ccc54)nc4c3oc3ccccc34)cc2)cc1. The minimum atomic E-state index is 0.628. The van der Waals surface area contributed by atoms with Crippen LogP contribution in [-0.2, 0) is 0 Å². The Bertz CT molecular complexity index is 2750. The topological polar surface area (TPSA) is 43.9 Å². The summed E-state index contributed by atoms with van der Waals surface area (Å²) in [5.41, 5.74) is 8.57. The fourth-order valence-corrected chi connectivity index (χ4v) is 8.04. The highest BCUT2D eigenvalue weighted by Crippen LogP contribution is 2.43. The number of aromatic nitrogens is 3. The summed E-state index contributed by atoms with van der Waals surface area (Å²) < 4.78 is 11.3. The summed E-state index contributed by atoms with van der Waals surface area (Å²) in [7, 11) is 0. The average Bonchev–Trinajstić information content (AvgIpc) is 3.78. The molecular formula is C40H23N3OS. The van der Waals surface area contributed by atoms with Crippen LogP contribution in [0, 0.1) is 0 Å². The minimum Gasteiger partial charge on any atom is -0.452 e. The summed E-state index contributed by atoms with van der Waals surface area (Å²) in [6.07, 6.45) is 0. The van der Waals surface area contributed by atoms with Crippen molar-refractivity contribution >= 4 is 75.4 Å². The molecule has 0 saturated heterocycles. The van der Waals surface area contributed by atoms with Gasteiger partial charge in [-0.1, -0.05) is 109 Å². The van der Waals surface area contributed by atoms with E-state index in [0.29, 0.717) is 11.5 Å². The number of benzene rings is 6. The molecule has 10 rings (SSSR count). The van der Waals surface area contributed by atoms with Crippen LogP contribution >= 0.6 is 11.3 Å². The van der Waals surface area contributed by atoms with Gasteiger partial charge in [-0.05, 0) is 41.5 Å². The van der Waals surface area contributed by atoms with Gasteiger partial charge in [-0.2, -0.15) is 0 Å². The second kappa shape index (κ2) is 9.36. The van der Waals surface area contributed by atoms with E-state index in [4.69, 9.17) is 14.4 Å². The Morgan fingerprint density at radius 1 is 0.511 bits per heavy atom. The van der Waals surface area contributed by atoms with Crippen molar-refractivity contribution in [3.63, 3.8) is 0 Å². The predicted molar refractivity (Wildman–Crippen MR) is 187 cm³/mol. The minimum absolute atomic E-state index is 0.628. The maximum atomic E-state index is 6.46. The van der Waals surface area contributed by atoms with Crippen LogP contribution < -0.4 is 0 Å². The summed E-state index contributed by atoms with van der Waals surface area (Å²) in [6.45, 7) is 0. The van der Waals surface area contributed by atoms with Gasteiger partial charge in [-0.25, -0.2) is 9.97 Å². The zero-order chi connectivity index (χ0) is 29.5. The van der Waals surface area contributed by atoms with Crippen molar-refractivity contribution in [2.75, 3.05) is 0 Å². The summed E-state index contributed by atoms with van der Waals surface area (Å²) in [5, 5.41) is 5.98. The first kappa shape index (κ1) is 24.6. The van der Waals surface area contributed by atoms with Gasteiger partial charge in [0.05, 0.1) is 11.0 Å². The van der Waals surface area contributed by atoms with Crippen LogP contribution in [0.15, 0.2) is 144 Å². The fourth-order valence-electron chi connectivity index (χ4n) is 6.78. The number of thiophene rings is 1. The Kier molecular flexibility index (Phi) is 5.12. The molecule has 5 heteroatoms. The molecule has 0 saturated carbocycles. The molecule has 210 valence electrons. The fraction of sp³-hybridized carbons (Fsp3) is 0. The quantitative estimate of drug-likeness (QED) is 0.205. The van der Waals surface area contributed by atoms with Gasteiger partial charge in [0.15, 0.2) is 5.58 Å². The molecule has 45 heavy (non-hydrogen) atoms. The molecule has 4 aromatic heterocycles. The van der Waals surface area contributed by atoms with E-state index in [-0.39, 0.29) is 0 Å². The van der Waals surface area contributed by atoms with Gasteiger partial charge in [-0.15, -0.1) is 11.3 Å². The molecule has 6 aromatic carbocycles. The summed E-state index contributed by atoms with van der Waals surface area (Å²) in [4.78, 5) is 10.5. The third-order valence-electron chi connectivity index (χ3n) is 8.85. The predicted octanol–water partition coefficient (Wildman–Crippen LogP) is 11.2. The molecule has 10 aromatic rings. The van der Waals surface area contributed by atoms with Gasteiger partial charge in [0, 0.05) is 41.9 Å². The molecule has 0 radical (unpaired) electrons. The molecule has 0 atom stereocenters. The third-order valence-corrected chi connectivity index (χ3v) is 10.1. The van der Waals surface area contributed by atoms with Crippen molar-refractivity contribution < 1.29 is 4.42 Å². The highest BCUT2D eigenvalue weighted by atomic mass is 32.1. The number of nitrogens with zero attached hydrogens (tertiary/aromatic N) is 3. The van der Waals surface area contributed by atoms with E-state index < -0.39 is 0 Å². The number of hydrogen-bond donors (Lipinski definition) is 0. The van der Waals surface area contributed by atoms with Crippen LogP contribution in [0.25, 0.3) is 92.4 Å². The molecule has 0 spiro atoms. The zero-order valence-electron chi connectivity index (χ0n) is 23.9. The first-order valence-corrected chi connectivity index (χ1v) is 15.8. The molecule has 0 unspecified atom stereocenters. The maximum absolute atomic E-state index is 6.46.